The van der Waals surface area contributed by atoms with Gasteiger partial charge < -0.3 is 5.32 Å². The van der Waals surface area contributed by atoms with Crippen molar-refractivity contribution < 1.29 is 13.2 Å². The van der Waals surface area contributed by atoms with Crippen LogP contribution in [0.15, 0.2) is 77.7 Å². The number of sulfonamides is 1. The highest BCUT2D eigenvalue weighted by atomic mass is 32.2. The van der Waals surface area contributed by atoms with E-state index in [2.05, 4.69) is 17.4 Å². The maximum Gasteiger partial charge on any atom is 0.244 e. The van der Waals surface area contributed by atoms with E-state index in [4.69, 9.17) is 0 Å². The second kappa shape index (κ2) is 11.4. The van der Waals surface area contributed by atoms with Crippen LogP contribution in [-0.2, 0) is 27.8 Å². The van der Waals surface area contributed by atoms with Gasteiger partial charge in [0.25, 0.3) is 0 Å². The Morgan fingerprint density at radius 2 is 1.41 bits per heavy atom. The van der Waals surface area contributed by atoms with E-state index in [0.717, 1.165) is 24.0 Å². The summed E-state index contributed by atoms with van der Waals surface area (Å²) >= 11 is 0. The van der Waals surface area contributed by atoms with Gasteiger partial charge in [-0.1, -0.05) is 78.4 Å². The lowest BCUT2D eigenvalue weighted by Crippen LogP contribution is -2.43. The molecule has 3 aromatic carbocycles. The summed E-state index contributed by atoms with van der Waals surface area (Å²) in [5.74, 6) is -0.303. The first-order valence-corrected chi connectivity index (χ1v) is 13.1. The van der Waals surface area contributed by atoms with Gasteiger partial charge in [-0.3, -0.25) is 4.79 Å². The fourth-order valence-electron chi connectivity index (χ4n) is 4.30. The molecule has 5 nitrogen and oxygen atoms in total. The molecule has 0 unspecified atom stereocenters. The molecule has 3 aromatic rings. The monoisotopic (exact) mass is 478 g/mol. The molecule has 0 aliphatic carbocycles. The van der Waals surface area contributed by atoms with E-state index in [1.54, 1.807) is 13.8 Å². The summed E-state index contributed by atoms with van der Waals surface area (Å²) < 4.78 is 28.8. The van der Waals surface area contributed by atoms with E-state index in [1.807, 2.05) is 74.5 Å². The second-order valence-corrected chi connectivity index (χ2v) is 10.9. The Hall–Kier alpha value is -2.96. The van der Waals surface area contributed by atoms with Gasteiger partial charge in [0.05, 0.1) is 11.4 Å². The zero-order valence-electron chi connectivity index (χ0n) is 20.4. The quantitative estimate of drug-likeness (QED) is 0.449. The molecule has 0 saturated heterocycles. The summed E-state index contributed by atoms with van der Waals surface area (Å²) in [4.78, 5) is 13.2. The summed E-state index contributed by atoms with van der Waals surface area (Å²) in [7, 11) is -3.89. The zero-order chi connectivity index (χ0) is 24.7. The van der Waals surface area contributed by atoms with Crippen molar-refractivity contribution in [1.82, 2.24) is 9.62 Å². The molecule has 0 radical (unpaired) electrons. The van der Waals surface area contributed by atoms with Gasteiger partial charge >= 0.3 is 0 Å². The van der Waals surface area contributed by atoms with Crippen molar-refractivity contribution in [3.05, 3.63) is 101 Å². The molecule has 180 valence electrons. The minimum absolute atomic E-state index is 0.0724. The lowest BCUT2D eigenvalue weighted by Gasteiger charge is -2.25. The largest absolute Gasteiger partial charge is 0.352 e. The molecule has 1 amide bonds. The number of rotatable bonds is 10. The molecule has 0 saturated carbocycles. The molecule has 0 bridgehead atoms. The molecule has 0 heterocycles. The topological polar surface area (TPSA) is 66.5 Å². The van der Waals surface area contributed by atoms with Crippen LogP contribution < -0.4 is 5.32 Å². The van der Waals surface area contributed by atoms with Crippen LogP contribution in [0.5, 0.6) is 0 Å². The Morgan fingerprint density at radius 1 is 0.882 bits per heavy atom. The minimum Gasteiger partial charge on any atom is -0.352 e. The van der Waals surface area contributed by atoms with Crippen molar-refractivity contribution in [3.63, 3.8) is 0 Å². The Kier molecular flexibility index (Phi) is 8.64. The van der Waals surface area contributed by atoms with E-state index in [-0.39, 0.29) is 29.9 Å². The van der Waals surface area contributed by atoms with E-state index >= 15 is 0 Å². The van der Waals surface area contributed by atoms with Gasteiger partial charge in [-0.25, -0.2) is 8.42 Å². The average molecular weight is 479 g/mol. The van der Waals surface area contributed by atoms with E-state index in [9.17, 15) is 13.2 Å². The van der Waals surface area contributed by atoms with Crippen LogP contribution in [0.3, 0.4) is 0 Å². The van der Waals surface area contributed by atoms with Crippen molar-refractivity contribution >= 4 is 15.9 Å². The highest BCUT2D eigenvalue weighted by Gasteiger charge is 2.30. The molecular formula is C28H34N2O3S. The molecule has 0 spiro atoms. The smallest absolute Gasteiger partial charge is 0.244 e. The highest BCUT2D eigenvalue weighted by molar-refractivity contribution is 7.89. The van der Waals surface area contributed by atoms with Crippen molar-refractivity contribution in [2.45, 2.75) is 58.0 Å². The third-order valence-corrected chi connectivity index (χ3v) is 7.94. The summed E-state index contributed by atoms with van der Waals surface area (Å²) in [6.45, 7) is 7.40. The van der Waals surface area contributed by atoms with Crippen LogP contribution in [0.4, 0.5) is 0 Å². The predicted octanol–water partition coefficient (Wildman–Crippen LogP) is 4.94. The molecule has 0 aromatic heterocycles. The lowest BCUT2D eigenvalue weighted by molar-refractivity contribution is -0.122. The van der Waals surface area contributed by atoms with Gasteiger partial charge in [0, 0.05) is 12.6 Å². The van der Waals surface area contributed by atoms with Crippen LogP contribution in [0, 0.1) is 20.8 Å². The van der Waals surface area contributed by atoms with E-state index in [0.29, 0.717) is 11.1 Å². The Balaban J connectivity index is 1.78. The molecule has 6 heteroatoms. The van der Waals surface area contributed by atoms with Crippen LogP contribution in [0.25, 0.3) is 0 Å². The number of carbonyl (C=O) groups excluding carboxylic acids is 1. The van der Waals surface area contributed by atoms with Gasteiger partial charge in [0.15, 0.2) is 0 Å². The van der Waals surface area contributed by atoms with Gasteiger partial charge in [-0.2, -0.15) is 4.31 Å². The first-order chi connectivity index (χ1) is 16.2. The zero-order valence-corrected chi connectivity index (χ0v) is 21.2. The number of hydrogen-bond acceptors (Lipinski definition) is 3. The van der Waals surface area contributed by atoms with Crippen molar-refractivity contribution in [3.8, 4) is 0 Å². The number of hydrogen-bond donors (Lipinski definition) is 1. The van der Waals surface area contributed by atoms with Gasteiger partial charge in [-0.05, 0) is 62.8 Å². The normalized spacial score (nSPS) is 12.5. The fraction of sp³-hybridized carbons (Fsp3) is 0.321. The molecule has 0 aliphatic rings. The fourth-order valence-corrected chi connectivity index (χ4v) is 6.09. The first-order valence-electron chi connectivity index (χ1n) is 11.6. The standard InChI is InChI=1S/C28H34N2O3S/c1-21-17-22(2)28(23(3)18-21)34(32,33)30(19-26-13-9-6-10-14-26)20-27(31)29-24(4)15-16-25-11-7-5-8-12-25/h5-14,17-18,24H,15-16,19-20H2,1-4H3,(H,29,31)/t24-/m1/s1. The lowest BCUT2D eigenvalue weighted by atomic mass is 10.1. The van der Waals surface area contributed by atoms with Crippen LogP contribution in [0.1, 0.15) is 41.2 Å². The van der Waals surface area contributed by atoms with Gasteiger partial charge in [-0.15, -0.1) is 0 Å². The Bertz CT molecular complexity index is 1190. The summed E-state index contributed by atoms with van der Waals surface area (Å²) in [5, 5.41) is 2.98. The SMILES string of the molecule is Cc1cc(C)c(S(=O)(=O)N(CC(=O)N[C@H](C)CCc2ccccc2)Cc2ccccc2)c(C)c1. The second-order valence-electron chi connectivity index (χ2n) is 8.98. The average Bonchev–Trinajstić information content (AvgIpc) is 2.77. The highest BCUT2D eigenvalue weighted by Crippen LogP contribution is 2.26. The molecule has 0 aliphatic heterocycles. The minimum atomic E-state index is -3.89. The van der Waals surface area contributed by atoms with Crippen molar-refractivity contribution in [1.29, 1.82) is 0 Å². The number of nitrogens with zero attached hydrogens (tertiary/aromatic N) is 1. The molecule has 1 N–H and O–H groups in total. The molecule has 34 heavy (non-hydrogen) atoms. The summed E-state index contributed by atoms with van der Waals surface area (Å²) in [5.41, 5.74) is 4.42. The Morgan fingerprint density at radius 3 is 1.97 bits per heavy atom. The van der Waals surface area contributed by atoms with Crippen LogP contribution >= 0.6 is 0 Å². The molecular weight excluding hydrogens is 444 g/mol. The van der Waals surface area contributed by atoms with E-state index in [1.165, 1.54) is 9.87 Å². The maximum atomic E-state index is 13.8. The van der Waals surface area contributed by atoms with Crippen molar-refractivity contribution in [2.24, 2.45) is 0 Å². The Labute approximate surface area is 203 Å². The van der Waals surface area contributed by atoms with E-state index < -0.39 is 10.0 Å². The molecule has 0 fully saturated rings. The van der Waals surface area contributed by atoms with Crippen molar-refractivity contribution in [2.75, 3.05) is 6.54 Å². The number of carbonyl (C=O) groups is 1. The number of aryl methyl sites for hydroxylation is 4. The number of nitrogens with one attached hydrogen (secondary N) is 1. The number of benzene rings is 3. The summed E-state index contributed by atoms with van der Waals surface area (Å²) in [6.07, 6.45) is 1.62. The van der Waals surface area contributed by atoms with Gasteiger partial charge in [0.2, 0.25) is 15.9 Å². The van der Waals surface area contributed by atoms with Crippen LogP contribution in [-0.4, -0.2) is 31.2 Å². The third kappa shape index (κ3) is 6.78. The van der Waals surface area contributed by atoms with Gasteiger partial charge in [0.1, 0.15) is 0 Å². The summed E-state index contributed by atoms with van der Waals surface area (Å²) in [6, 6.07) is 23.1. The molecule has 1 atom stereocenters. The molecule has 3 rings (SSSR count). The third-order valence-electron chi connectivity index (χ3n) is 5.84. The van der Waals surface area contributed by atoms with Crippen LogP contribution in [0.2, 0.25) is 0 Å². The number of amides is 1. The predicted molar refractivity (Wildman–Crippen MR) is 137 cm³/mol. The maximum absolute atomic E-state index is 13.8. The first kappa shape index (κ1) is 25.7.